The van der Waals surface area contributed by atoms with Crippen LogP contribution in [0.15, 0.2) is 12.3 Å². The molecule has 0 spiro atoms. The van der Waals surface area contributed by atoms with Gasteiger partial charge in [-0.15, -0.1) is 0 Å². The maximum absolute atomic E-state index is 5.05. The maximum Gasteiger partial charge on any atom is 0.133 e. The van der Waals surface area contributed by atoms with Crippen molar-refractivity contribution in [1.82, 2.24) is 19.8 Å². The Labute approximate surface area is 152 Å². The molecule has 25 heavy (non-hydrogen) atoms. The quantitative estimate of drug-likeness (QED) is 0.821. The molecule has 0 aromatic carbocycles. The Morgan fingerprint density at radius 2 is 1.80 bits per heavy atom. The van der Waals surface area contributed by atoms with Gasteiger partial charge in [0.05, 0.1) is 0 Å². The monoisotopic (exact) mass is 343 g/mol. The van der Waals surface area contributed by atoms with Gasteiger partial charge in [-0.1, -0.05) is 13.3 Å². The first kappa shape index (κ1) is 17.2. The standard InChI is InChI=1S/C20H33N5/c1-3-4-11-24-12-8-16(9-13-24)20-21-10-7-19(22-20)25-17-5-6-18(25)15-23(2)14-17/h7,10,16-18H,3-6,8-9,11-15H2,1-2H3. The van der Waals surface area contributed by atoms with Gasteiger partial charge in [0.15, 0.2) is 0 Å². The predicted octanol–water partition coefficient (Wildman–Crippen LogP) is 2.74. The molecule has 0 N–H and O–H groups in total. The summed E-state index contributed by atoms with van der Waals surface area (Å²) in [6, 6.07) is 3.42. The van der Waals surface area contributed by atoms with Crippen molar-refractivity contribution in [3.8, 4) is 0 Å². The van der Waals surface area contributed by atoms with Crippen molar-refractivity contribution < 1.29 is 0 Å². The second-order valence-electron chi connectivity index (χ2n) is 8.26. The highest BCUT2D eigenvalue weighted by atomic mass is 15.3. The second-order valence-corrected chi connectivity index (χ2v) is 8.26. The Bertz CT molecular complexity index is 555. The van der Waals surface area contributed by atoms with Crippen LogP contribution in [0.2, 0.25) is 0 Å². The Kier molecular flexibility index (Phi) is 5.23. The van der Waals surface area contributed by atoms with Crippen LogP contribution in [0.1, 0.15) is 57.2 Å². The van der Waals surface area contributed by atoms with Crippen LogP contribution in [0, 0.1) is 0 Å². The molecule has 0 aliphatic carbocycles. The number of fused-ring (bicyclic) bond motifs is 2. The Morgan fingerprint density at radius 1 is 1.08 bits per heavy atom. The van der Waals surface area contributed by atoms with Crippen molar-refractivity contribution >= 4 is 5.82 Å². The van der Waals surface area contributed by atoms with Crippen LogP contribution >= 0.6 is 0 Å². The summed E-state index contributed by atoms with van der Waals surface area (Å²) < 4.78 is 0. The lowest BCUT2D eigenvalue weighted by molar-refractivity contribution is 0.206. The molecule has 3 fully saturated rings. The van der Waals surface area contributed by atoms with Crippen molar-refractivity contribution in [1.29, 1.82) is 0 Å². The Hall–Kier alpha value is -1.20. The highest BCUT2D eigenvalue weighted by molar-refractivity contribution is 5.43. The van der Waals surface area contributed by atoms with E-state index in [1.165, 1.54) is 77.1 Å². The first-order valence-electron chi connectivity index (χ1n) is 10.3. The number of aromatic nitrogens is 2. The van der Waals surface area contributed by atoms with E-state index in [0.717, 1.165) is 5.82 Å². The van der Waals surface area contributed by atoms with E-state index in [2.05, 4.69) is 39.7 Å². The summed E-state index contributed by atoms with van der Waals surface area (Å²) in [4.78, 5) is 17.4. The molecule has 5 nitrogen and oxygen atoms in total. The van der Waals surface area contributed by atoms with E-state index in [9.17, 15) is 0 Å². The van der Waals surface area contributed by atoms with Gasteiger partial charge in [-0.25, -0.2) is 9.97 Å². The molecule has 0 radical (unpaired) electrons. The number of likely N-dealkylation sites (N-methyl/N-ethyl adjacent to an activating group) is 1. The molecule has 1 aromatic heterocycles. The van der Waals surface area contributed by atoms with Gasteiger partial charge >= 0.3 is 0 Å². The molecule has 3 aliphatic heterocycles. The second kappa shape index (κ2) is 7.58. The number of anilines is 1. The molecule has 5 heteroatoms. The molecule has 2 unspecified atom stereocenters. The summed E-state index contributed by atoms with van der Waals surface area (Å²) in [5.74, 6) is 2.81. The molecule has 3 aliphatic rings. The smallest absolute Gasteiger partial charge is 0.133 e. The van der Waals surface area contributed by atoms with Crippen LogP contribution in [-0.2, 0) is 0 Å². The van der Waals surface area contributed by atoms with E-state index in [1.54, 1.807) is 0 Å². The van der Waals surface area contributed by atoms with E-state index in [-0.39, 0.29) is 0 Å². The van der Waals surface area contributed by atoms with Crippen molar-refractivity contribution in [3.05, 3.63) is 18.1 Å². The van der Waals surface area contributed by atoms with Crippen LogP contribution in [0.3, 0.4) is 0 Å². The topological polar surface area (TPSA) is 35.5 Å². The van der Waals surface area contributed by atoms with Crippen LogP contribution in [0.25, 0.3) is 0 Å². The van der Waals surface area contributed by atoms with Gasteiger partial charge in [-0.05, 0) is 64.9 Å². The first-order chi connectivity index (χ1) is 12.2. The minimum Gasteiger partial charge on any atom is -0.348 e. The van der Waals surface area contributed by atoms with E-state index in [0.29, 0.717) is 18.0 Å². The summed E-state index contributed by atoms with van der Waals surface area (Å²) in [5, 5.41) is 0. The Morgan fingerprint density at radius 3 is 2.48 bits per heavy atom. The molecule has 0 saturated carbocycles. The summed E-state index contributed by atoms with van der Waals surface area (Å²) in [6.45, 7) is 8.29. The number of likely N-dealkylation sites (tertiary alicyclic amines) is 2. The van der Waals surface area contributed by atoms with E-state index in [4.69, 9.17) is 4.98 Å². The van der Waals surface area contributed by atoms with Gasteiger partial charge in [-0.2, -0.15) is 0 Å². The maximum atomic E-state index is 5.05. The predicted molar refractivity (Wildman–Crippen MR) is 102 cm³/mol. The molecular weight excluding hydrogens is 310 g/mol. The lowest BCUT2D eigenvalue weighted by Crippen LogP contribution is -2.52. The molecule has 2 atom stereocenters. The number of piperazine rings is 1. The fraction of sp³-hybridized carbons (Fsp3) is 0.800. The highest BCUT2D eigenvalue weighted by Gasteiger charge is 2.39. The van der Waals surface area contributed by atoms with E-state index in [1.807, 2.05) is 6.20 Å². The number of hydrogen-bond acceptors (Lipinski definition) is 5. The molecule has 0 amide bonds. The van der Waals surface area contributed by atoms with Gasteiger partial charge in [0.25, 0.3) is 0 Å². The molecule has 4 rings (SSSR count). The molecule has 2 bridgehead atoms. The van der Waals surface area contributed by atoms with E-state index < -0.39 is 0 Å². The number of nitrogens with zero attached hydrogens (tertiary/aromatic N) is 5. The fourth-order valence-corrected chi connectivity index (χ4v) is 4.99. The number of hydrogen-bond donors (Lipinski definition) is 0. The minimum atomic E-state index is 0.544. The third kappa shape index (κ3) is 3.68. The molecule has 138 valence electrons. The highest BCUT2D eigenvalue weighted by Crippen LogP contribution is 2.34. The third-order valence-electron chi connectivity index (χ3n) is 6.37. The van der Waals surface area contributed by atoms with Gasteiger partial charge in [0, 0.05) is 37.3 Å². The zero-order chi connectivity index (χ0) is 17.2. The number of rotatable bonds is 5. The lowest BCUT2D eigenvalue weighted by atomic mass is 9.95. The summed E-state index contributed by atoms with van der Waals surface area (Å²) in [7, 11) is 2.25. The van der Waals surface area contributed by atoms with Crippen LogP contribution in [-0.4, -0.2) is 71.6 Å². The summed E-state index contributed by atoms with van der Waals surface area (Å²) in [5.41, 5.74) is 0. The normalized spacial score (nSPS) is 28.6. The minimum absolute atomic E-state index is 0.544. The van der Waals surface area contributed by atoms with Gasteiger partial charge in [-0.3, -0.25) is 0 Å². The number of unbranched alkanes of at least 4 members (excludes halogenated alkanes) is 1. The zero-order valence-corrected chi connectivity index (χ0v) is 15.9. The first-order valence-corrected chi connectivity index (χ1v) is 10.3. The van der Waals surface area contributed by atoms with Crippen molar-refractivity contribution in [2.45, 2.75) is 63.5 Å². The largest absolute Gasteiger partial charge is 0.348 e. The fourth-order valence-electron chi connectivity index (χ4n) is 4.99. The average Bonchev–Trinajstić information content (AvgIpc) is 2.92. The molecule has 4 heterocycles. The summed E-state index contributed by atoms with van der Waals surface area (Å²) in [6.07, 6.45) is 9.65. The van der Waals surface area contributed by atoms with Gasteiger partial charge in [0.1, 0.15) is 11.6 Å². The van der Waals surface area contributed by atoms with Crippen LogP contribution in [0.5, 0.6) is 0 Å². The van der Waals surface area contributed by atoms with E-state index >= 15 is 0 Å². The van der Waals surface area contributed by atoms with Crippen LogP contribution in [0.4, 0.5) is 5.82 Å². The van der Waals surface area contributed by atoms with Gasteiger partial charge < -0.3 is 14.7 Å². The van der Waals surface area contributed by atoms with Crippen LogP contribution < -0.4 is 4.90 Å². The van der Waals surface area contributed by atoms with Crippen molar-refractivity contribution in [3.63, 3.8) is 0 Å². The molecular formula is C20H33N5. The molecule has 3 saturated heterocycles. The lowest BCUT2D eigenvalue weighted by Gasteiger charge is -2.40. The Balaban J connectivity index is 1.43. The van der Waals surface area contributed by atoms with Gasteiger partial charge in [0.2, 0.25) is 0 Å². The molecule has 1 aromatic rings. The third-order valence-corrected chi connectivity index (χ3v) is 6.37. The SMILES string of the molecule is CCCCN1CCC(c2nccc(N3C4CCC3CN(C)C4)n2)CC1. The average molecular weight is 344 g/mol. The zero-order valence-electron chi connectivity index (χ0n) is 15.9. The van der Waals surface area contributed by atoms with Crippen molar-refractivity contribution in [2.24, 2.45) is 0 Å². The van der Waals surface area contributed by atoms with Crippen molar-refractivity contribution in [2.75, 3.05) is 44.7 Å². The number of piperidine rings is 1. The summed E-state index contributed by atoms with van der Waals surface area (Å²) >= 11 is 0.